The van der Waals surface area contributed by atoms with E-state index in [-0.39, 0.29) is 24.3 Å². The first-order valence-electron chi connectivity index (χ1n) is 14.8. The van der Waals surface area contributed by atoms with Gasteiger partial charge in [0.25, 0.3) is 5.91 Å². The highest BCUT2D eigenvalue weighted by Crippen LogP contribution is 2.60. The molecule has 11 heteroatoms. The van der Waals surface area contributed by atoms with E-state index in [9.17, 15) is 9.90 Å². The van der Waals surface area contributed by atoms with E-state index in [0.717, 1.165) is 29.5 Å². The summed E-state index contributed by atoms with van der Waals surface area (Å²) >= 11 is 4.55. The number of aromatic nitrogens is 3. The van der Waals surface area contributed by atoms with Gasteiger partial charge in [-0.1, -0.05) is 54.6 Å². The molecule has 230 valence electrons. The van der Waals surface area contributed by atoms with Gasteiger partial charge in [0.1, 0.15) is 0 Å². The number of aliphatic hydroxyl groups excluding tert-OH is 1. The lowest BCUT2D eigenvalue weighted by Crippen LogP contribution is -2.45. The normalized spacial score (nSPS) is 23.8. The molecule has 6 rings (SSSR count). The van der Waals surface area contributed by atoms with Crippen molar-refractivity contribution >= 4 is 65.2 Å². The number of rotatable bonds is 9. The molecule has 1 N–H and O–H groups in total. The average molecular weight is 837 g/mol. The first-order valence-corrected chi connectivity index (χ1v) is 19.9. The van der Waals surface area contributed by atoms with E-state index in [0.29, 0.717) is 25.2 Å². The summed E-state index contributed by atoms with van der Waals surface area (Å²) < 4.78 is 27.0. The smallest absolute Gasteiger partial charge is 0.264 e. The van der Waals surface area contributed by atoms with Gasteiger partial charge < -0.3 is 18.9 Å². The lowest BCUT2D eigenvalue weighted by molar-refractivity contribution is -0.146. The van der Waals surface area contributed by atoms with Crippen molar-refractivity contribution in [2.24, 2.45) is 5.92 Å². The van der Waals surface area contributed by atoms with Crippen molar-refractivity contribution in [2.45, 2.75) is 62.7 Å². The number of halogens is 3. The van der Waals surface area contributed by atoms with E-state index < -0.39 is 25.7 Å². The van der Waals surface area contributed by atoms with Crippen LogP contribution in [0.2, 0.25) is 18.6 Å². The number of aliphatic hydroxyl groups is 1. The Hall–Kier alpha value is -2.20. The third kappa shape index (κ3) is 5.78. The highest BCUT2D eigenvalue weighted by atomic mass is 127. The van der Waals surface area contributed by atoms with Gasteiger partial charge in [-0.2, -0.15) is 0 Å². The molecule has 1 unspecified atom stereocenters. The Morgan fingerprint density at radius 3 is 2.52 bits per heavy atom. The quantitative estimate of drug-likeness (QED) is 0.111. The van der Waals surface area contributed by atoms with Gasteiger partial charge in [-0.15, -0.1) is 5.10 Å². The molecule has 2 aliphatic rings. The number of hydrogen-bond acceptors (Lipinski definition) is 5. The van der Waals surface area contributed by atoms with Crippen LogP contribution in [-0.4, -0.2) is 47.1 Å². The van der Waals surface area contributed by atoms with E-state index in [1.54, 1.807) is 17.8 Å². The molecule has 4 aromatic rings. The van der Waals surface area contributed by atoms with Crippen LogP contribution in [0.15, 0.2) is 79.0 Å². The second-order valence-electron chi connectivity index (χ2n) is 12.3. The fourth-order valence-corrected chi connectivity index (χ4v) is 10.8. The summed E-state index contributed by atoms with van der Waals surface area (Å²) in [5, 5.41) is 18.8. The number of fused-ring (bicyclic) bond motifs is 2. The van der Waals surface area contributed by atoms with Crippen molar-refractivity contribution in [1.29, 1.82) is 0 Å². The molecule has 1 spiro atoms. The van der Waals surface area contributed by atoms with Crippen LogP contribution in [0.4, 0.5) is 9.80 Å². The molecule has 44 heavy (non-hydrogen) atoms. The lowest BCUT2D eigenvalue weighted by atomic mass is 9.82. The third-order valence-electron chi connectivity index (χ3n) is 9.09. The molecule has 3 aromatic carbocycles. The molecule has 0 saturated carbocycles. The summed E-state index contributed by atoms with van der Waals surface area (Å²) in [6.45, 7) is 6.23. The summed E-state index contributed by atoms with van der Waals surface area (Å²) in [5.74, 6) is -0.758. The number of aryl methyl sites for hydroxylation is 1. The van der Waals surface area contributed by atoms with E-state index in [1.165, 1.54) is 0 Å². The number of amides is 1. The first-order chi connectivity index (χ1) is 21.0. The minimum absolute atomic E-state index is 0.0862. The largest absolute Gasteiger partial charge is 0.395 e. The number of carbonyl (C=O) groups excluding carboxylic acids is 1. The van der Waals surface area contributed by atoms with Crippen LogP contribution >= 0.6 is 45.2 Å². The zero-order valence-electron chi connectivity index (χ0n) is 24.8. The highest BCUT2D eigenvalue weighted by Gasteiger charge is 2.66. The van der Waals surface area contributed by atoms with E-state index >= 15 is 4.11 Å². The van der Waals surface area contributed by atoms with Crippen LogP contribution < -0.4 is 4.90 Å². The van der Waals surface area contributed by atoms with E-state index in [4.69, 9.17) is 4.74 Å². The van der Waals surface area contributed by atoms with Crippen molar-refractivity contribution < 1.29 is 18.7 Å². The summed E-state index contributed by atoms with van der Waals surface area (Å²) in [7, 11) is -3.29. The number of carbonyl (C=O) groups is 1. The Kier molecular flexibility index (Phi) is 9.05. The Bertz CT molecular complexity index is 1670. The maximum absolute atomic E-state index is 16.2. The monoisotopic (exact) mass is 836 g/mol. The Balaban J connectivity index is 1.30. The molecule has 1 aromatic heterocycles. The fourth-order valence-electron chi connectivity index (χ4n) is 7.16. The Morgan fingerprint density at radius 1 is 1.07 bits per heavy atom. The number of hydrogen-bond donors (Lipinski definition) is 1. The van der Waals surface area contributed by atoms with Gasteiger partial charge in [-0.05, 0) is 106 Å². The highest BCUT2D eigenvalue weighted by molar-refractivity contribution is 14.1. The maximum atomic E-state index is 16.2. The van der Waals surface area contributed by atoms with Gasteiger partial charge in [-0.25, -0.2) is 0 Å². The van der Waals surface area contributed by atoms with Crippen molar-refractivity contribution in [3.05, 3.63) is 109 Å². The van der Waals surface area contributed by atoms with E-state index in [2.05, 4.69) is 61.6 Å². The lowest BCUT2D eigenvalue weighted by Gasteiger charge is -2.31. The predicted octanol–water partition coefficient (Wildman–Crippen LogP) is 7.02. The molecular weight excluding hydrogens is 801 g/mol. The minimum Gasteiger partial charge on any atom is -0.395 e. The van der Waals surface area contributed by atoms with Crippen LogP contribution in [0.25, 0.3) is 0 Å². The molecule has 0 aliphatic carbocycles. The average Bonchev–Trinajstić information content (AvgIpc) is 3.63. The summed E-state index contributed by atoms with van der Waals surface area (Å²) in [5.41, 5.74) is 2.67. The molecule has 1 fully saturated rings. The van der Waals surface area contributed by atoms with Crippen LogP contribution in [0.1, 0.15) is 41.6 Å². The zero-order chi connectivity index (χ0) is 31.2. The van der Waals surface area contributed by atoms with Crippen LogP contribution in [0.5, 0.6) is 0 Å². The van der Waals surface area contributed by atoms with Gasteiger partial charge >= 0.3 is 0 Å². The van der Waals surface area contributed by atoms with Gasteiger partial charge in [0.2, 0.25) is 8.41 Å². The Labute approximate surface area is 285 Å². The van der Waals surface area contributed by atoms with Crippen molar-refractivity contribution in [1.82, 2.24) is 15.0 Å². The van der Waals surface area contributed by atoms with Gasteiger partial charge in [0.15, 0.2) is 5.60 Å². The molecule has 0 radical (unpaired) electrons. The summed E-state index contributed by atoms with van der Waals surface area (Å²) in [6.07, 6.45) is 1.86. The summed E-state index contributed by atoms with van der Waals surface area (Å²) in [6, 6.07) is 23.9. The van der Waals surface area contributed by atoms with E-state index in [1.807, 2.05) is 84.8 Å². The van der Waals surface area contributed by atoms with Crippen LogP contribution in [-0.2, 0) is 28.2 Å². The van der Waals surface area contributed by atoms with Gasteiger partial charge in [0.05, 0.1) is 36.6 Å². The zero-order valence-corrected chi connectivity index (χ0v) is 30.1. The number of nitrogens with zero attached hydrogens (tertiary/aromatic N) is 4. The van der Waals surface area contributed by atoms with Gasteiger partial charge in [-0.3, -0.25) is 9.48 Å². The molecule has 3 heterocycles. The van der Waals surface area contributed by atoms with Crippen LogP contribution in [0.3, 0.4) is 0 Å². The molecule has 7 nitrogen and oxygen atoms in total. The molecule has 1 saturated heterocycles. The second kappa shape index (κ2) is 12.5. The maximum Gasteiger partial charge on any atom is 0.264 e. The predicted molar refractivity (Wildman–Crippen MR) is 188 cm³/mol. The molecule has 2 aliphatic heterocycles. The minimum atomic E-state index is -3.29. The molecule has 1 amide bonds. The molecule has 5 atom stereocenters. The Morgan fingerprint density at radius 2 is 1.82 bits per heavy atom. The topological polar surface area (TPSA) is 80.5 Å². The van der Waals surface area contributed by atoms with Crippen molar-refractivity contribution in [2.75, 3.05) is 11.5 Å². The number of anilines is 1. The molecular formula is C33H35FI2N4O3Si. The standard InChI is InChI=1S/C33H35FI2N4O3Si/c1-21-31(44(2,3)34)30(14-15-39-19-28(37-38-39)26(20-41)23-9-5-4-6-10-23)43-33(21)27-17-25(36)12-13-29(27)40(32(33)42)18-22-8-7-11-24(35)16-22/h4-13,16-17,19,21,26,30-31,41H,14-15,18,20H2,1-3H3/t21-,26?,30+,31-,33+/m1/s1. The van der Waals surface area contributed by atoms with Gasteiger partial charge in [0, 0.05) is 36.9 Å². The molecule has 0 bridgehead atoms. The SMILES string of the molecule is C[C@@H]1[C@@H]([Si](C)(C)F)[C@H](CCn2cc(C(CO)c3ccccc3)nn2)O[C@@]12C(=O)N(Cc1cccc(I)c1)c1ccc(I)cc12. The third-order valence-corrected chi connectivity index (χ3v) is 12.9. The van der Waals surface area contributed by atoms with Crippen LogP contribution in [0, 0.1) is 13.1 Å². The second-order valence-corrected chi connectivity index (χ2v) is 18.6. The fraction of sp³-hybridized carbons (Fsp3) is 0.364. The van der Waals surface area contributed by atoms with Crippen molar-refractivity contribution in [3.8, 4) is 0 Å². The van der Waals surface area contributed by atoms with Crippen molar-refractivity contribution in [3.63, 3.8) is 0 Å². The summed E-state index contributed by atoms with van der Waals surface area (Å²) in [4.78, 5) is 16.4. The number of ether oxygens (including phenoxy) is 1. The number of benzene rings is 3. The first kappa shape index (κ1) is 31.8.